The van der Waals surface area contributed by atoms with Gasteiger partial charge in [0.25, 0.3) is 5.91 Å². The van der Waals surface area contributed by atoms with Crippen LogP contribution in [0.1, 0.15) is 24.5 Å². The summed E-state index contributed by atoms with van der Waals surface area (Å²) < 4.78 is 7.42. The fourth-order valence-electron chi connectivity index (χ4n) is 4.73. The number of anilines is 2. The summed E-state index contributed by atoms with van der Waals surface area (Å²) in [6.07, 6.45) is 0.731. The van der Waals surface area contributed by atoms with Crippen LogP contribution < -0.4 is 20.3 Å². The fourth-order valence-corrected chi connectivity index (χ4v) is 4.73. The molecule has 5 rings (SSSR count). The van der Waals surface area contributed by atoms with Crippen molar-refractivity contribution in [1.82, 2.24) is 20.0 Å². The van der Waals surface area contributed by atoms with Gasteiger partial charge in [0.2, 0.25) is 11.8 Å². The maximum Gasteiger partial charge on any atom is 0.262 e. The van der Waals surface area contributed by atoms with Crippen molar-refractivity contribution in [2.75, 3.05) is 50.1 Å². The summed E-state index contributed by atoms with van der Waals surface area (Å²) in [5.74, 6) is -0.764. The predicted molar refractivity (Wildman–Crippen MR) is 136 cm³/mol. The number of amides is 3. The molecule has 1 aromatic heterocycles. The maximum atomic E-state index is 12.5. The second-order valence-corrected chi connectivity index (χ2v) is 9.37. The normalized spacial score (nSPS) is 18.8. The number of benzene rings is 2. The van der Waals surface area contributed by atoms with Crippen LogP contribution in [0.4, 0.5) is 11.4 Å². The second kappa shape index (κ2) is 9.98. The van der Waals surface area contributed by atoms with Crippen LogP contribution in [0, 0.1) is 0 Å². The Morgan fingerprint density at radius 1 is 1.08 bits per heavy atom. The van der Waals surface area contributed by atoms with Gasteiger partial charge >= 0.3 is 0 Å². The van der Waals surface area contributed by atoms with Gasteiger partial charge in [-0.1, -0.05) is 0 Å². The summed E-state index contributed by atoms with van der Waals surface area (Å²) in [6, 6.07) is 13.3. The summed E-state index contributed by atoms with van der Waals surface area (Å²) >= 11 is 0. The molecular weight excluding hydrogens is 460 g/mol. The molecule has 2 fully saturated rings. The second-order valence-electron chi connectivity index (χ2n) is 9.37. The van der Waals surface area contributed by atoms with E-state index in [1.165, 1.54) is 0 Å². The van der Waals surface area contributed by atoms with Crippen LogP contribution in [0.2, 0.25) is 0 Å². The lowest BCUT2D eigenvalue weighted by Gasteiger charge is -2.34. The van der Waals surface area contributed by atoms with Crippen LogP contribution in [0.5, 0.6) is 5.75 Å². The lowest BCUT2D eigenvalue weighted by atomic mass is 9.93. The van der Waals surface area contributed by atoms with E-state index in [9.17, 15) is 14.4 Å². The van der Waals surface area contributed by atoms with Gasteiger partial charge < -0.3 is 19.9 Å². The first-order valence-electron chi connectivity index (χ1n) is 12.1. The molecule has 0 radical (unpaired) electrons. The van der Waals surface area contributed by atoms with E-state index in [1.54, 1.807) is 23.9 Å². The molecule has 3 heterocycles. The lowest BCUT2D eigenvalue weighted by molar-refractivity contribution is -0.134. The van der Waals surface area contributed by atoms with Gasteiger partial charge in [0.05, 0.1) is 17.1 Å². The predicted octanol–water partition coefficient (Wildman–Crippen LogP) is 1.86. The molecule has 2 saturated heterocycles. The van der Waals surface area contributed by atoms with Crippen molar-refractivity contribution in [2.24, 2.45) is 7.05 Å². The number of nitrogens with one attached hydrogen (secondary N) is 2. The zero-order valence-corrected chi connectivity index (χ0v) is 20.5. The number of likely N-dealkylation sites (N-methyl/N-ethyl adjacent to an activating group) is 1. The number of piperazine rings is 1. The van der Waals surface area contributed by atoms with Gasteiger partial charge in [-0.05, 0) is 49.9 Å². The van der Waals surface area contributed by atoms with Gasteiger partial charge in [0.1, 0.15) is 5.75 Å². The lowest BCUT2D eigenvalue weighted by Crippen LogP contribution is -2.44. The number of carbonyl (C=O) groups excluding carboxylic acids is 3. The topological polar surface area (TPSA) is 109 Å². The van der Waals surface area contributed by atoms with Crippen molar-refractivity contribution in [3.05, 3.63) is 48.2 Å². The molecule has 0 bridgehead atoms. The Morgan fingerprint density at radius 3 is 2.56 bits per heavy atom. The minimum Gasteiger partial charge on any atom is -0.484 e. The molecule has 0 saturated carbocycles. The number of carbonyl (C=O) groups is 3. The molecule has 10 heteroatoms. The Kier molecular flexibility index (Phi) is 6.60. The highest BCUT2D eigenvalue weighted by atomic mass is 16.5. The highest BCUT2D eigenvalue weighted by Gasteiger charge is 2.31. The first-order valence-corrected chi connectivity index (χ1v) is 12.1. The van der Waals surface area contributed by atoms with Crippen molar-refractivity contribution >= 4 is 40.0 Å². The Hall–Kier alpha value is -3.92. The van der Waals surface area contributed by atoms with Crippen LogP contribution in [-0.4, -0.2) is 72.2 Å². The van der Waals surface area contributed by atoms with Crippen LogP contribution in [-0.2, 0) is 21.4 Å². The third-order valence-corrected chi connectivity index (χ3v) is 6.81. The number of aromatic nitrogens is 2. The Morgan fingerprint density at radius 2 is 1.83 bits per heavy atom. The minimum absolute atomic E-state index is 0.135. The highest BCUT2D eigenvalue weighted by Crippen LogP contribution is 2.32. The molecule has 0 aliphatic carbocycles. The first kappa shape index (κ1) is 23.8. The van der Waals surface area contributed by atoms with Crippen LogP contribution in [0.25, 0.3) is 10.9 Å². The first-order chi connectivity index (χ1) is 17.4. The van der Waals surface area contributed by atoms with Gasteiger partial charge in [-0.2, -0.15) is 5.10 Å². The molecule has 3 aromatic rings. The number of hydrogen-bond acceptors (Lipinski definition) is 7. The summed E-state index contributed by atoms with van der Waals surface area (Å²) in [5.41, 5.74) is 3.30. The summed E-state index contributed by atoms with van der Waals surface area (Å²) in [4.78, 5) is 40.9. The van der Waals surface area contributed by atoms with E-state index in [1.807, 2.05) is 30.3 Å². The molecular formula is C26H30N6O4. The van der Waals surface area contributed by atoms with Crippen molar-refractivity contribution < 1.29 is 19.1 Å². The van der Waals surface area contributed by atoms with Gasteiger partial charge in [-0.3, -0.25) is 24.4 Å². The van der Waals surface area contributed by atoms with Crippen molar-refractivity contribution in [1.29, 1.82) is 0 Å². The van der Waals surface area contributed by atoms with E-state index in [2.05, 4.69) is 32.6 Å². The Bertz CT molecular complexity index is 1290. The standard InChI is InChI=1S/C26H30N6O4/c1-30-11-13-32(14-12-30)18-5-3-17(4-6-18)27-24(34)16-36-19-7-8-20-22(15-19)31(2)29-25(20)21-9-10-23(33)28-26(21)35/h3-8,15,21H,9-14,16H2,1-2H3,(H,27,34)(H,28,33,35). The van der Waals surface area contributed by atoms with Crippen LogP contribution >= 0.6 is 0 Å². The van der Waals surface area contributed by atoms with Crippen LogP contribution in [0.3, 0.4) is 0 Å². The Labute approximate surface area is 209 Å². The van der Waals surface area contributed by atoms with Crippen molar-refractivity contribution in [3.63, 3.8) is 0 Å². The molecule has 1 unspecified atom stereocenters. The maximum absolute atomic E-state index is 12.5. The number of hydrogen-bond donors (Lipinski definition) is 2. The largest absolute Gasteiger partial charge is 0.484 e. The van der Waals surface area contributed by atoms with E-state index >= 15 is 0 Å². The number of piperidine rings is 1. The zero-order chi connectivity index (χ0) is 25.2. The SMILES string of the molecule is CN1CCN(c2ccc(NC(=O)COc3ccc4c(C5CCC(=O)NC5=O)nn(C)c4c3)cc2)CC1. The number of rotatable bonds is 6. The van der Waals surface area contributed by atoms with Gasteiger partial charge in [0.15, 0.2) is 6.61 Å². The van der Waals surface area contributed by atoms with Crippen molar-refractivity contribution in [2.45, 2.75) is 18.8 Å². The monoisotopic (exact) mass is 490 g/mol. The number of aryl methyl sites for hydroxylation is 1. The van der Waals surface area contributed by atoms with Gasteiger partial charge in [0, 0.05) is 62.5 Å². The average Bonchev–Trinajstić information content (AvgIpc) is 3.19. The van der Waals surface area contributed by atoms with E-state index in [0.717, 1.165) is 48.5 Å². The molecule has 2 aliphatic rings. The number of ether oxygens (including phenoxy) is 1. The highest BCUT2D eigenvalue weighted by molar-refractivity contribution is 6.02. The Balaban J connectivity index is 1.19. The summed E-state index contributed by atoms with van der Waals surface area (Å²) in [7, 11) is 3.92. The van der Waals surface area contributed by atoms with E-state index in [4.69, 9.17) is 4.74 Å². The molecule has 2 aliphatic heterocycles. The smallest absolute Gasteiger partial charge is 0.262 e. The molecule has 3 amide bonds. The van der Waals surface area contributed by atoms with Gasteiger partial charge in [-0.15, -0.1) is 0 Å². The van der Waals surface area contributed by atoms with E-state index in [-0.39, 0.29) is 24.3 Å². The molecule has 2 N–H and O–H groups in total. The molecule has 10 nitrogen and oxygen atoms in total. The average molecular weight is 491 g/mol. The van der Waals surface area contributed by atoms with Crippen LogP contribution in [0.15, 0.2) is 42.5 Å². The van der Waals surface area contributed by atoms with Gasteiger partial charge in [-0.25, -0.2) is 0 Å². The number of nitrogens with zero attached hydrogens (tertiary/aromatic N) is 4. The zero-order valence-electron chi connectivity index (χ0n) is 20.5. The summed E-state index contributed by atoms with van der Waals surface area (Å²) in [5, 5.41) is 10.6. The number of imide groups is 1. The minimum atomic E-state index is -0.466. The molecule has 0 spiro atoms. The molecule has 1 atom stereocenters. The van der Waals surface area contributed by atoms with E-state index < -0.39 is 5.92 Å². The number of fused-ring (bicyclic) bond motifs is 1. The molecule has 188 valence electrons. The summed E-state index contributed by atoms with van der Waals surface area (Å²) in [6.45, 7) is 3.93. The third-order valence-electron chi connectivity index (χ3n) is 6.81. The fraction of sp³-hybridized carbons (Fsp3) is 0.385. The third kappa shape index (κ3) is 5.03. The molecule has 36 heavy (non-hydrogen) atoms. The quantitative estimate of drug-likeness (QED) is 0.508. The van der Waals surface area contributed by atoms with Crippen molar-refractivity contribution in [3.8, 4) is 5.75 Å². The van der Waals surface area contributed by atoms with E-state index in [0.29, 0.717) is 24.3 Å². The molecule has 2 aromatic carbocycles.